The van der Waals surface area contributed by atoms with Crippen LogP contribution in [0.3, 0.4) is 0 Å². The maximum atomic E-state index is 11.3. The minimum absolute atomic E-state index is 0.603. The Kier molecular flexibility index (Phi) is 6.29. The fraction of sp³-hybridized carbons (Fsp3) is 0.692. The van der Waals surface area contributed by atoms with Gasteiger partial charge in [0.1, 0.15) is 6.10 Å². The second-order valence-corrected chi connectivity index (χ2v) is 4.79. The van der Waals surface area contributed by atoms with E-state index >= 15 is 0 Å². The lowest BCUT2D eigenvalue weighted by atomic mass is 9.95. The molecule has 1 saturated heterocycles. The molecule has 124 valence electrons. The van der Waals surface area contributed by atoms with Gasteiger partial charge in [-0.3, -0.25) is 14.4 Å². The molecule has 1 aliphatic heterocycles. The fourth-order valence-corrected chi connectivity index (χ4v) is 2.24. The summed E-state index contributed by atoms with van der Waals surface area (Å²) in [6.45, 7) is 5.12. The molecule has 0 saturated carbocycles. The minimum Gasteiger partial charge on any atom is -0.456 e. The summed E-state index contributed by atoms with van der Waals surface area (Å²) in [6, 6.07) is 0. The summed E-state index contributed by atoms with van der Waals surface area (Å²) in [5.41, 5.74) is 0. The molecule has 0 unspecified atom stereocenters. The van der Waals surface area contributed by atoms with E-state index in [1.165, 1.54) is 13.8 Å². The molecule has 1 rings (SSSR count). The van der Waals surface area contributed by atoms with Crippen LogP contribution in [0, 0.1) is 0 Å². The van der Waals surface area contributed by atoms with Crippen molar-refractivity contribution in [2.45, 2.75) is 58.2 Å². The first-order chi connectivity index (χ1) is 10.3. The van der Waals surface area contributed by atoms with Crippen LogP contribution in [0.1, 0.15) is 27.7 Å². The average Bonchev–Trinajstić information content (AvgIpc) is 2.37. The number of rotatable bonds is 4. The first-order valence-corrected chi connectivity index (χ1v) is 6.61. The van der Waals surface area contributed by atoms with Crippen LogP contribution < -0.4 is 0 Å². The fourth-order valence-electron chi connectivity index (χ4n) is 2.24. The Labute approximate surface area is 127 Å². The van der Waals surface area contributed by atoms with Gasteiger partial charge in [-0.15, -0.1) is 0 Å². The number of oxime groups is 1. The number of hydrogen-bond acceptors (Lipinski definition) is 9. The predicted molar refractivity (Wildman–Crippen MR) is 71.3 cm³/mol. The summed E-state index contributed by atoms with van der Waals surface area (Å²) in [6.07, 6.45) is -3.79. The Morgan fingerprint density at radius 3 is 1.86 bits per heavy atom. The van der Waals surface area contributed by atoms with Crippen molar-refractivity contribution in [3.05, 3.63) is 0 Å². The molecule has 0 aromatic rings. The van der Waals surface area contributed by atoms with Crippen molar-refractivity contribution in [3.8, 4) is 0 Å². The van der Waals surface area contributed by atoms with Gasteiger partial charge in [0.2, 0.25) is 0 Å². The maximum Gasteiger partial charge on any atom is 0.303 e. The molecule has 0 aromatic carbocycles. The van der Waals surface area contributed by atoms with E-state index < -0.39 is 48.4 Å². The average molecular weight is 317 g/mol. The third-order valence-electron chi connectivity index (χ3n) is 2.93. The van der Waals surface area contributed by atoms with Crippen LogP contribution in [0.25, 0.3) is 0 Å². The smallest absolute Gasteiger partial charge is 0.303 e. The van der Waals surface area contributed by atoms with Crippen molar-refractivity contribution in [2.24, 2.45) is 5.16 Å². The molecule has 5 atom stereocenters. The van der Waals surface area contributed by atoms with Crippen molar-refractivity contribution in [3.63, 3.8) is 0 Å². The molecular weight excluding hydrogens is 298 g/mol. The van der Waals surface area contributed by atoms with E-state index in [0.29, 0.717) is 0 Å². The number of esters is 3. The Morgan fingerprint density at radius 1 is 0.955 bits per heavy atom. The van der Waals surface area contributed by atoms with E-state index in [2.05, 4.69) is 5.16 Å². The van der Waals surface area contributed by atoms with Crippen LogP contribution in [-0.4, -0.2) is 59.8 Å². The van der Waals surface area contributed by atoms with Gasteiger partial charge in [0.05, 0.1) is 12.3 Å². The standard InChI is InChI=1S/C13H19NO8/c1-6-11(20-7(2)15)13(22-9(4)17)12(21-8(3)16)10(19-6)5-14-18/h5-6,10-13,18H,1-4H3/b14-5-/t6-,10+,11+,12+,13+/m0/s1. The van der Waals surface area contributed by atoms with Crippen molar-refractivity contribution in [1.82, 2.24) is 0 Å². The SMILES string of the molecule is CC(=O)O[C@@H]1[C@H](OC(C)=O)[C@H](C)O[C@H](/C=N\O)[C@H]1OC(C)=O. The third-order valence-corrected chi connectivity index (χ3v) is 2.93. The summed E-state index contributed by atoms with van der Waals surface area (Å²) in [5.74, 6) is -1.90. The normalized spacial score (nSPS) is 31.5. The zero-order chi connectivity index (χ0) is 16.9. The number of ether oxygens (including phenoxy) is 4. The van der Waals surface area contributed by atoms with Gasteiger partial charge in [0, 0.05) is 20.8 Å². The third kappa shape index (κ3) is 4.69. The first-order valence-electron chi connectivity index (χ1n) is 6.61. The highest BCUT2D eigenvalue weighted by atomic mass is 16.6. The number of nitrogens with zero attached hydrogens (tertiary/aromatic N) is 1. The Bertz CT molecular complexity index is 463. The summed E-state index contributed by atoms with van der Waals surface area (Å²) < 4.78 is 20.9. The van der Waals surface area contributed by atoms with Crippen molar-refractivity contribution in [1.29, 1.82) is 0 Å². The monoisotopic (exact) mass is 317 g/mol. The second-order valence-electron chi connectivity index (χ2n) is 4.79. The molecule has 1 heterocycles. The topological polar surface area (TPSA) is 121 Å². The molecule has 9 nitrogen and oxygen atoms in total. The molecule has 1 fully saturated rings. The van der Waals surface area contributed by atoms with Crippen LogP contribution in [0.15, 0.2) is 5.16 Å². The summed E-state index contributed by atoms with van der Waals surface area (Å²) in [4.78, 5) is 33.8. The minimum atomic E-state index is -1.11. The van der Waals surface area contributed by atoms with E-state index in [9.17, 15) is 14.4 Å². The van der Waals surface area contributed by atoms with Gasteiger partial charge < -0.3 is 24.2 Å². The summed E-state index contributed by atoms with van der Waals surface area (Å²) in [5, 5.41) is 11.6. The molecule has 0 amide bonds. The van der Waals surface area contributed by atoms with Gasteiger partial charge in [0.25, 0.3) is 0 Å². The first kappa shape index (κ1) is 17.9. The lowest BCUT2D eigenvalue weighted by Crippen LogP contribution is -2.61. The van der Waals surface area contributed by atoms with Gasteiger partial charge >= 0.3 is 17.9 Å². The molecule has 0 spiro atoms. The van der Waals surface area contributed by atoms with Gasteiger partial charge in [0.15, 0.2) is 18.3 Å². The quantitative estimate of drug-likeness (QED) is 0.253. The van der Waals surface area contributed by atoms with Gasteiger partial charge in [-0.2, -0.15) is 0 Å². The van der Waals surface area contributed by atoms with E-state index in [0.717, 1.165) is 13.1 Å². The van der Waals surface area contributed by atoms with Crippen LogP contribution in [0.5, 0.6) is 0 Å². The number of hydrogen-bond donors (Lipinski definition) is 1. The van der Waals surface area contributed by atoms with Crippen molar-refractivity contribution >= 4 is 24.1 Å². The molecule has 1 aliphatic rings. The van der Waals surface area contributed by atoms with E-state index in [1.54, 1.807) is 6.92 Å². The Balaban J connectivity index is 3.15. The van der Waals surface area contributed by atoms with E-state index in [4.69, 9.17) is 24.2 Å². The molecule has 0 bridgehead atoms. The van der Waals surface area contributed by atoms with Crippen LogP contribution >= 0.6 is 0 Å². The Morgan fingerprint density at radius 2 is 1.41 bits per heavy atom. The second kappa shape index (κ2) is 7.74. The summed E-state index contributed by atoms with van der Waals surface area (Å²) >= 11 is 0. The molecule has 0 aliphatic carbocycles. The highest BCUT2D eigenvalue weighted by molar-refractivity contribution is 5.70. The van der Waals surface area contributed by atoms with Crippen molar-refractivity contribution < 1.29 is 38.5 Å². The lowest BCUT2D eigenvalue weighted by molar-refractivity contribution is -0.232. The zero-order valence-corrected chi connectivity index (χ0v) is 12.7. The number of carbonyl (C=O) groups is 3. The Hall–Kier alpha value is -2.16. The number of carbonyl (C=O) groups excluding carboxylic acids is 3. The molecule has 0 radical (unpaired) electrons. The van der Waals surface area contributed by atoms with Crippen molar-refractivity contribution in [2.75, 3.05) is 0 Å². The maximum absolute atomic E-state index is 11.3. The summed E-state index contributed by atoms with van der Waals surface area (Å²) in [7, 11) is 0. The molecule has 9 heteroatoms. The van der Waals surface area contributed by atoms with E-state index in [-0.39, 0.29) is 0 Å². The van der Waals surface area contributed by atoms with Gasteiger partial charge in [-0.25, -0.2) is 0 Å². The zero-order valence-electron chi connectivity index (χ0n) is 12.7. The van der Waals surface area contributed by atoms with Crippen LogP contribution in [0.4, 0.5) is 0 Å². The molecular formula is C13H19NO8. The highest BCUT2D eigenvalue weighted by Crippen LogP contribution is 2.28. The highest BCUT2D eigenvalue weighted by Gasteiger charge is 2.49. The van der Waals surface area contributed by atoms with Crippen LogP contribution in [0.2, 0.25) is 0 Å². The lowest BCUT2D eigenvalue weighted by Gasteiger charge is -2.42. The molecule has 1 N–H and O–H groups in total. The van der Waals surface area contributed by atoms with E-state index in [1.807, 2.05) is 0 Å². The predicted octanol–water partition coefficient (Wildman–Crippen LogP) is 0.0288. The van der Waals surface area contributed by atoms with Crippen LogP contribution in [-0.2, 0) is 33.3 Å². The largest absolute Gasteiger partial charge is 0.456 e. The molecule has 0 aromatic heterocycles. The van der Waals surface area contributed by atoms with Gasteiger partial charge in [-0.05, 0) is 6.92 Å². The van der Waals surface area contributed by atoms with Gasteiger partial charge in [-0.1, -0.05) is 5.16 Å². The molecule has 22 heavy (non-hydrogen) atoms.